The van der Waals surface area contributed by atoms with Gasteiger partial charge in [0.15, 0.2) is 0 Å². The van der Waals surface area contributed by atoms with Gasteiger partial charge in [0.1, 0.15) is 5.82 Å². The first-order valence-electron chi connectivity index (χ1n) is 6.72. The molecule has 0 radical (unpaired) electrons. The predicted octanol–water partition coefficient (Wildman–Crippen LogP) is 1.21. The zero-order chi connectivity index (χ0) is 15.1. The van der Waals surface area contributed by atoms with Crippen LogP contribution in [0.15, 0.2) is 30.5 Å². The van der Waals surface area contributed by atoms with Gasteiger partial charge in [-0.1, -0.05) is 24.3 Å². The van der Waals surface area contributed by atoms with Gasteiger partial charge in [0, 0.05) is 25.2 Å². The molecule has 6 heteroatoms. The van der Waals surface area contributed by atoms with Crippen LogP contribution < -0.4 is 11.1 Å². The van der Waals surface area contributed by atoms with Gasteiger partial charge in [-0.2, -0.15) is 0 Å². The number of nitrogens with zero attached hydrogens (tertiary/aromatic N) is 1. The van der Waals surface area contributed by atoms with E-state index >= 15 is 0 Å². The van der Waals surface area contributed by atoms with Crippen LogP contribution in [0.2, 0.25) is 0 Å². The van der Waals surface area contributed by atoms with E-state index in [0.29, 0.717) is 37.7 Å². The molecule has 0 aliphatic rings. The molecule has 1 amide bonds. The van der Waals surface area contributed by atoms with Gasteiger partial charge in [-0.25, -0.2) is 4.98 Å². The first-order valence-corrected chi connectivity index (χ1v) is 6.72. The van der Waals surface area contributed by atoms with Crippen molar-refractivity contribution in [1.82, 2.24) is 10.3 Å². The number of carbonyl (C=O) groups excluding carboxylic acids is 1. The Morgan fingerprint density at radius 3 is 2.76 bits per heavy atom. The van der Waals surface area contributed by atoms with Gasteiger partial charge < -0.3 is 20.5 Å². The van der Waals surface area contributed by atoms with Gasteiger partial charge in [0.25, 0.3) is 5.91 Å². The highest BCUT2D eigenvalue weighted by Gasteiger charge is 2.11. The van der Waals surface area contributed by atoms with E-state index in [4.69, 9.17) is 15.2 Å². The fourth-order valence-corrected chi connectivity index (χ4v) is 1.97. The number of ether oxygens (including phenoxy) is 2. The fourth-order valence-electron chi connectivity index (χ4n) is 1.97. The minimum absolute atomic E-state index is 0.186. The second kappa shape index (κ2) is 7.56. The Morgan fingerprint density at radius 1 is 1.24 bits per heavy atom. The maximum absolute atomic E-state index is 12.2. The van der Waals surface area contributed by atoms with Gasteiger partial charge in [-0.05, 0) is 5.39 Å². The van der Waals surface area contributed by atoms with Crippen LogP contribution in [0.4, 0.5) is 5.82 Å². The third-order valence-corrected chi connectivity index (χ3v) is 3.03. The molecule has 0 spiro atoms. The summed E-state index contributed by atoms with van der Waals surface area (Å²) >= 11 is 0. The topological polar surface area (TPSA) is 86.5 Å². The Labute approximate surface area is 123 Å². The molecule has 1 heterocycles. The molecule has 2 aromatic rings. The molecule has 0 unspecified atom stereocenters. The van der Waals surface area contributed by atoms with E-state index in [1.54, 1.807) is 7.11 Å². The number of aromatic nitrogens is 1. The molecule has 112 valence electrons. The predicted molar refractivity (Wildman–Crippen MR) is 81.2 cm³/mol. The Balaban J connectivity index is 1.98. The van der Waals surface area contributed by atoms with Crippen LogP contribution in [0.25, 0.3) is 10.8 Å². The molecule has 0 fully saturated rings. The molecule has 1 aromatic carbocycles. The summed E-state index contributed by atoms with van der Waals surface area (Å²) in [7, 11) is 1.62. The number of fused-ring (bicyclic) bond motifs is 1. The van der Waals surface area contributed by atoms with E-state index in [1.165, 1.54) is 6.20 Å². The van der Waals surface area contributed by atoms with Crippen LogP contribution >= 0.6 is 0 Å². The Hall–Kier alpha value is -2.18. The molecule has 0 aliphatic heterocycles. The van der Waals surface area contributed by atoms with Crippen molar-refractivity contribution in [3.63, 3.8) is 0 Å². The van der Waals surface area contributed by atoms with Gasteiger partial charge >= 0.3 is 0 Å². The summed E-state index contributed by atoms with van der Waals surface area (Å²) in [6, 6.07) is 7.44. The number of nitrogens with two attached hydrogens (primary N) is 1. The van der Waals surface area contributed by atoms with E-state index in [1.807, 2.05) is 24.3 Å². The Morgan fingerprint density at radius 2 is 2.00 bits per heavy atom. The Bertz CT molecular complexity index is 616. The fraction of sp³-hybridized carbons (Fsp3) is 0.333. The summed E-state index contributed by atoms with van der Waals surface area (Å²) in [6.45, 7) is 1.93. The molecular weight excluding hydrogens is 270 g/mol. The number of nitrogens with one attached hydrogen (secondary N) is 1. The van der Waals surface area contributed by atoms with Crippen molar-refractivity contribution < 1.29 is 14.3 Å². The number of methoxy groups -OCH3 is 1. The van der Waals surface area contributed by atoms with E-state index in [9.17, 15) is 4.79 Å². The number of rotatable bonds is 7. The van der Waals surface area contributed by atoms with Crippen LogP contribution in [0.3, 0.4) is 0 Å². The molecule has 0 saturated carbocycles. The third kappa shape index (κ3) is 3.90. The zero-order valence-corrected chi connectivity index (χ0v) is 12.0. The molecule has 0 aliphatic carbocycles. The number of carbonyl (C=O) groups is 1. The summed E-state index contributed by atoms with van der Waals surface area (Å²) in [5.41, 5.74) is 6.33. The summed E-state index contributed by atoms with van der Waals surface area (Å²) in [5.74, 6) is 0.235. The number of pyridine rings is 1. The largest absolute Gasteiger partial charge is 0.383 e. The summed E-state index contributed by atoms with van der Waals surface area (Å²) in [4.78, 5) is 16.3. The molecule has 2 rings (SSSR count). The molecule has 21 heavy (non-hydrogen) atoms. The summed E-state index contributed by atoms with van der Waals surface area (Å²) in [6.07, 6.45) is 1.50. The molecule has 0 atom stereocenters. The maximum Gasteiger partial charge on any atom is 0.253 e. The first-order chi connectivity index (χ1) is 10.2. The summed E-state index contributed by atoms with van der Waals surface area (Å²) < 4.78 is 10.2. The lowest BCUT2D eigenvalue weighted by molar-refractivity contribution is 0.0693. The second-order valence-electron chi connectivity index (χ2n) is 4.46. The number of hydrogen-bond acceptors (Lipinski definition) is 5. The van der Waals surface area contributed by atoms with Crippen molar-refractivity contribution in [3.8, 4) is 0 Å². The highest BCUT2D eigenvalue weighted by atomic mass is 16.5. The molecular formula is C15H19N3O3. The van der Waals surface area contributed by atoms with Crippen molar-refractivity contribution >= 4 is 22.5 Å². The highest BCUT2D eigenvalue weighted by Crippen LogP contribution is 2.22. The van der Waals surface area contributed by atoms with Crippen molar-refractivity contribution in [1.29, 1.82) is 0 Å². The van der Waals surface area contributed by atoms with Crippen molar-refractivity contribution in [2.24, 2.45) is 0 Å². The van der Waals surface area contributed by atoms with Crippen molar-refractivity contribution in [2.75, 3.05) is 39.2 Å². The molecule has 3 N–H and O–H groups in total. The van der Waals surface area contributed by atoms with Crippen LogP contribution in [0.1, 0.15) is 10.4 Å². The number of hydrogen-bond donors (Lipinski definition) is 2. The van der Waals surface area contributed by atoms with E-state index < -0.39 is 0 Å². The standard InChI is InChI=1S/C15H19N3O3/c1-20-8-9-21-7-6-17-15(19)13-10-18-14(16)12-5-3-2-4-11(12)13/h2-5,10H,6-9H2,1H3,(H2,16,18)(H,17,19). The third-order valence-electron chi connectivity index (χ3n) is 3.03. The molecule has 0 saturated heterocycles. The molecule has 6 nitrogen and oxygen atoms in total. The SMILES string of the molecule is COCCOCCNC(=O)c1cnc(N)c2ccccc12. The zero-order valence-electron chi connectivity index (χ0n) is 12.0. The van der Waals surface area contributed by atoms with Gasteiger partial charge in [0.2, 0.25) is 0 Å². The van der Waals surface area contributed by atoms with Gasteiger partial charge in [-0.15, -0.1) is 0 Å². The van der Waals surface area contributed by atoms with Crippen LogP contribution in [0, 0.1) is 0 Å². The number of anilines is 1. The second-order valence-corrected chi connectivity index (χ2v) is 4.46. The first kappa shape index (κ1) is 15.2. The average Bonchev–Trinajstić information content (AvgIpc) is 2.51. The van der Waals surface area contributed by atoms with E-state index in [0.717, 1.165) is 10.8 Å². The van der Waals surface area contributed by atoms with E-state index in [2.05, 4.69) is 10.3 Å². The van der Waals surface area contributed by atoms with Gasteiger partial charge in [-0.3, -0.25) is 4.79 Å². The molecule has 0 bridgehead atoms. The Kier molecular flexibility index (Phi) is 5.48. The number of benzene rings is 1. The van der Waals surface area contributed by atoms with E-state index in [-0.39, 0.29) is 5.91 Å². The molecule has 1 aromatic heterocycles. The maximum atomic E-state index is 12.2. The quantitative estimate of drug-likeness (QED) is 0.748. The number of amides is 1. The monoisotopic (exact) mass is 289 g/mol. The van der Waals surface area contributed by atoms with Crippen molar-refractivity contribution in [2.45, 2.75) is 0 Å². The minimum Gasteiger partial charge on any atom is -0.383 e. The van der Waals surface area contributed by atoms with Crippen molar-refractivity contribution in [3.05, 3.63) is 36.0 Å². The minimum atomic E-state index is -0.186. The van der Waals surface area contributed by atoms with Crippen LogP contribution in [-0.2, 0) is 9.47 Å². The lowest BCUT2D eigenvalue weighted by Gasteiger charge is -2.09. The van der Waals surface area contributed by atoms with Gasteiger partial charge in [0.05, 0.1) is 25.4 Å². The smallest absolute Gasteiger partial charge is 0.253 e. The average molecular weight is 289 g/mol. The van der Waals surface area contributed by atoms with Crippen LogP contribution in [0.5, 0.6) is 0 Å². The highest BCUT2D eigenvalue weighted by molar-refractivity contribution is 6.08. The lowest BCUT2D eigenvalue weighted by Crippen LogP contribution is -2.28. The number of nitrogen functional groups attached to an aromatic ring is 1. The lowest BCUT2D eigenvalue weighted by atomic mass is 10.1. The van der Waals surface area contributed by atoms with Crippen LogP contribution in [-0.4, -0.2) is 44.4 Å². The normalized spacial score (nSPS) is 10.7. The summed E-state index contributed by atoms with van der Waals surface area (Å²) in [5, 5.41) is 4.38.